The van der Waals surface area contributed by atoms with Crippen molar-refractivity contribution in [1.29, 1.82) is 0 Å². The Morgan fingerprint density at radius 1 is 0.935 bits per heavy atom. The summed E-state index contributed by atoms with van der Waals surface area (Å²) in [5, 5.41) is 2.75. The van der Waals surface area contributed by atoms with Crippen molar-refractivity contribution in [3.05, 3.63) is 71.3 Å². The standard InChI is InChI=1S/C24H22N2O5/c1-14-3-12-19-20(13-14)23(29)26(22(19)28)18-10-6-15(7-11-18)21(27)25-17-8-4-16(5-9-17)24(30)31-2/h3-11,19-20H,12-13H2,1-2H3,(H,25,27)/t19-,20+/m1/s1. The van der Waals surface area contributed by atoms with E-state index in [9.17, 15) is 19.2 Å². The number of nitrogens with one attached hydrogen (secondary N) is 1. The van der Waals surface area contributed by atoms with E-state index in [1.165, 1.54) is 12.0 Å². The highest BCUT2D eigenvalue weighted by Gasteiger charge is 2.48. The number of anilines is 2. The van der Waals surface area contributed by atoms with Gasteiger partial charge in [-0.05, 0) is 68.3 Å². The quantitative estimate of drug-likeness (QED) is 0.466. The number of methoxy groups -OCH3 is 1. The lowest BCUT2D eigenvalue weighted by Gasteiger charge is -2.18. The highest BCUT2D eigenvalue weighted by Crippen LogP contribution is 2.39. The molecule has 0 unspecified atom stereocenters. The molecule has 0 saturated carbocycles. The summed E-state index contributed by atoms with van der Waals surface area (Å²) in [6.07, 6.45) is 3.23. The Labute approximate surface area is 179 Å². The number of carbonyl (C=O) groups is 4. The molecule has 2 aromatic carbocycles. The maximum atomic E-state index is 12.8. The van der Waals surface area contributed by atoms with E-state index in [4.69, 9.17) is 0 Å². The van der Waals surface area contributed by atoms with Crippen LogP contribution < -0.4 is 10.2 Å². The van der Waals surface area contributed by atoms with Gasteiger partial charge in [-0.25, -0.2) is 4.79 Å². The third-order valence-electron chi connectivity index (χ3n) is 5.77. The molecule has 2 aromatic rings. The fraction of sp³-hybridized carbons (Fsp3) is 0.250. The van der Waals surface area contributed by atoms with Gasteiger partial charge < -0.3 is 10.1 Å². The van der Waals surface area contributed by atoms with E-state index in [0.717, 1.165) is 5.57 Å². The Balaban J connectivity index is 1.46. The predicted molar refractivity (Wildman–Crippen MR) is 115 cm³/mol. The molecule has 1 heterocycles. The first kappa shape index (κ1) is 20.5. The molecular weight excluding hydrogens is 396 g/mol. The molecule has 7 nitrogen and oxygen atoms in total. The largest absolute Gasteiger partial charge is 0.465 e. The minimum absolute atomic E-state index is 0.176. The number of nitrogens with zero attached hydrogens (tertiary/aromatic N) is 1. The average Bonchev–Trinajstić information content (AvgIpc) is 3.03. The summed E-state index contributed by atoms with van der Waals surface area (Å²) in [7, 11) is 1.30. The molecule has 0 radical (unpaired) electrons. The molecule has 31 heavy (non-hydrogen) atoms. The number of allylic oxidation sites excluding steroid dienone is 2. The molecule has 3 amide bonds. The zero-order valence-corrected chi connectivity index (χ0v) is 17.3. The number of fused-ring (bicyclic) bond motifs is 1. The van der Waals surface area contributed by atoms with Crippen LogP contribution in [-0.2, 0) is 14.3 Å². The van der Waals surface area contributed by atoms with Crippen molar-refractivity contribution in [2.24, 2.45) is 11.8 Å². The normalized spacial score (nSPS) is 20.2. The van der Waals surface area contributed by atoms with Crippen molar-refractivity contribution in [2.75, 3.05) is 17.3 Å². The maximum absolute atomic E-state index is 12.8. The van der Waals surface area contributed by atoms with Gasteiger partial charge >= 0.3 is 5.97 Å². The zero-order valence-electron chi connectivity index (χ0n) is 17.3. The molecule has 1 saturated heterocycles. The summed E-state index contributed by atoms with van der Waals surface area (Å²) in [6, 6.07) is 12.7. The fourth-order valence-electron chi connectivity index (χ4n) is 4.06. The van der Waals surface area contributed by atoms with Gasteiger partial charge in [-0.3, -0.25) is 19.3 Å². The predicted octanol–water partition coefficient (Wildman–Crippen LogP) is 3.57. The Kier molecular flexibility index (Phi) is 5.42. The summed E-state index contributed by atoms with van der Waals surface area (Å²) >= 11 is 0. The monoisotopic (exact) mass is 418 g/mol. The molecule has 7 heteroatoms. The number of benzene rings is 2. The van der Waals surface area contributed by atoms with Crippen LogP contribution in [0.25, 0.3) is 0 Å². The average molecular weight is 418 g/mol. The van der Waals surface area contributed by atoms with Crippen LogP contribution in [0.2, 0.25) is 0 Å². The smallest absolute Gasteiger partial charge is 0.337 e. The summed E-state index contributed by atoms with van der Waals surface area (Å²) in [5.74, 6) is -1.75. The summed E-state index contributed by atoms with van der Waals surface area (Å²) in [5.41, 5.74) is 2.90. The molecule has 0 spiro atoms. The van der Waals surface area contributed by atoms with Gasteiger partial charge in [0.1, 0.15) is 0 Å². The van der Waals surface area contributed by atoms with Gasteiger partial charge in [-0.2, -0.15) is 0 Å². The zero-order chi connectivity index (χ0) is 22.1. The number of hydrogen-bond donors (Lipinski definition) is 1. The minimum Gasteiger partial charge on any atom is -0.465 e. The third-order valence-corrected chi connectivity index (χ3v) is 5.77. The fourth-order valence-corrected chi connectivity index (χ4v) is 4.06. The lowest BCUT2D eigenvalue weighted by atomic mass is 9.82. The maximum Gasteiger partial charge on any atom is 0.337 e. The van der Waals surface area contributed by atoms with Gasteiger partial charge in [0.15, 0.2) is 0 Å². The molecule has 1 aliphatic heterocycles. The molecule has 1 N–H and O–H groups in total. The second-order valence-corrected chi connectivity index (χ2v) is 7.79. The highest BCUT2D eigenvalue weighted by molar-refractivity contribution is 6.22. The van der Waals surface area contributed by atoms with Crippen molar-refractivity contribution in [3.8, 4) is 0 Å². The van der Waals surface area contributed by atoms with Crippen LogP contribution in [0.4, 0.5) is 11.4 Å². The number of amides is 3. The molecule has 0 bridgehead atoms. The van der Waals surface area contributed by atoms with Gasteiger partial charge in [0.25, 0.3) is 5.91 Å². The number of hydrogen-bond acceptors (Lipinski definition) is 5. The SMILES string of the molecule is COC(=O)c1ccc(NC(=O)c2ccc(N3C(=O)[C@H]4CC(C)=CC[C@H]4C3=O)cc2)cc1. The van der Waals surface area contributed by atoms with Gasteiger partial charge in [-0.15, -0.1) is 0 Å². The molecule has 1 aliphatic carbocycles. The molecule has 2 aliphatic rings. The van der Waals surface area contributed by atoms with E-state index in [1.54, 1.807) is 48.5 Å². The van der Waals surface area contributed by atoms with Crippen molar-refractivity contribution in [1.82, 2.24) is 0 Å². The van der Waals surface area contributed by atoms with Crippen LogP contribution >= 0.6 is 0 Å². The topological polar surface area (TPSA) is 92.8 Å². The van der Waals surface area contributed by atoms with Crippen LogP contribution in [0, 0.1) is 11.8 Å². The molecular formula is C24H22N2O5. The van der Waals surface area contributed by atoms with Crippen molar-refractivity contribution in [3.63, 3.8) is 0 Å². The molecule has 4 rings (SSSR count). The first-order valence-electron chi connectivity index (χ1n) is 10.0. The molecule has 158 valence electrons. The van der Waals surface area contributed by atoms with E-state index in [2.05, 4.69) is 10.1 Å². The number of esters is 1. The van der Waals surface area contributed by atoms with E-state index in [0.29, 0.717) is 35.3 Å². The Bertz CT molecular complexity index is 1090. The Morgan fingerprint density at radius 2 is 1.55 bits per heavy atom. The number of imide groups is 1. The van der Waals surface area contributed by atoms with Crippen molar-refractivity contribution >= 4 is 35.1 Å². The number of ether oxygens (including phenoxy) is 1. The molecule has 2 atom stereocenters. The lowest BCUT2D eigenvalue weighted by Crippen LogP contribution is -2.30. The van der Waals surface area contributed by atoms with E-state index < -0.39 is 5.97 Å². The van der Waals surface area contributed by atoms with E-state index in [-0.39, 0.29) is 29.6 Å². The lowest BCUT2D eigenvalue weighted by molar-refractivity contribution is -0.122. The van der Waals surface area contributed by atoms with Crippen molar-refractivity contribution in [2.45, 2.75) is 19.8 Å². The van der Waals surface area contributed by atoms with Gasteiger partial charge in [0.05, 0.1) is 30.2 Å². The first-order chi connectivity index (χ1) is 14.9. The Morgan fingerprint density at radius 3 is 2.19 bits per heavy atom. The van der Waals surface area contributed by atoms with E-state index in [1.807, 2.05) is 13.0 Å². The number of rotatable bonds is 4. The summed E-state index contributed by atoms with van der Waals surface area (Å²) in [6.45, 7) is 1.98. The van der Waals surface area contributed by atoms with Crippen LogP contribution in [0.15, 0.2) is 60.2 Å². The van der Waals surface area contributed by atoms with Crippen LogP contribution in [0.5, 0.6) is 0 Å². The van der Waals surface area contributed by atoms with Crippen molar-refractivity contribution < 1.29 is 23.9 Å². The minimum atomic E-state index is -0.453. The highest BCUT2D eigenvalue weighted by atomic mass is 16.5. The summed E-state index contributed by atoms with van der Waals surface area (Å²) < 4.78 is 4.65. The van der Waals surface area contributed by atoms with E-state index >= 15 is 0 Å². The molecule has 1 fully saturated rings. The van der Waals surface area contributed by atoms with Gasteiger partial charge in [0.2, 0.25) is 11.8 Å². The van der Waals surface area contributed by atoms with Crippen LogP contribution in [-0.4, -0.2) is 30.8 Å². The third kappa shape index (κ3) is 3.86. The summed E-state index contributed by atoms with van der Waals surface area (Å²) in [4.78, 5) is 50.9. The van der Waals surface area contributed by atoms with Crippen LogP contribution in [0.3, 0.4) is 0 Å². The first-order valence-corrected chi connectivity index (χ1v) is 10.0. The Hall–Kier alpha value is -3.74. The number of carbonyl (C=O) groups excluding carboxylic acids is 4. The van der Waals surface area contributed by atoms with Gasteiger partial charge in [-0.1, -0.05) is 11.6 Å². The second-order valence-electron chi connectivity index (χ2n) is 7.79. The van der Waals surface area contributed by atoms with Crippen LogP contribution in [0.1, 0.15) is 40.5 Å². The second kappa shape index (κ2) is 8.18. The van der Waals surface area contributed by atoms with Gasteiger partial charge in [0, 0.05) is 11.3 Å². The molecule has 0 aromatic heterocycles.